The van der Waals surface area contributed by atoms with Crippen LogP contribution in [0.5, 0.6) is 5.75 Å². The van der Waals surface area contributed by atoms with Gasteiger partial charge in [-0.15, -0.1) is 13.2 Å². The smallest absolute Gasteiger partial charge is 0.406 e. The van der Waals surface area contributed by atoms with E-state index in [0.29, 0.717) is 17.4 Å². The van der Waals surface area contributed by atoms with Crippen molar-refractivity contribution in [3.63, 3.8) is 0 Å². The van der Waals surface area contributed by atoms with E-state index < -0.39 is 12.4 Å². The number of ether oxygens (including phenoxy) is 1. The molecule has 1 fully saturated rings. The molecule has 0 aliphatic heterocycles. The maximum Gasteiger partial charge on any atom is 0.573 e. The first-order valence-corrected chi connectivity index (χ1v) is 9.89. The summed E-state index contributed by atoms with van der Waals surface area (Å²) in [5.41, 5.74) is 1.17. The molecule has 1 aliphatic carbocycles. The number of alkyl halides is 3. The predicted octanol–water partition coefficient (Wildman–Crippen LogP) is 4.26. The Labute approximate surface area is 178 Å². The minimum absolute atomic E-state index is 0.161. The van der Waals surface area contributed by atoms with Crippen molar-refractivity contribution < 1.29 is 22.7 Å². The fourth-order valence-corrected chi connectivity index (χ4v) is 2.82. The Morgan fingerprint density at radius 3 is 2.48 bits per heavy atom. The van der Waals surface area contributed by atoms with Crippen LogP contribution in [-0.2, 0) is 0 Å². The first-order valence-electron chi connectivity index (χ1n) is 9.89. The molecule has 1 aliphatic rings. The van der Waals surface area contributed by atoms with Gasteiger partial charge in [0, 0.05) is 24.2 Å². The fraction of sp³-hybridized carbons (Fsp3) is 0.450. The average Bonchev–Trinajstić information content (AvgIpc) is 3.51. The lowest BCUT2D eigenvalue weighted by Gasteiger charge is -2.13. The molecule has 0 bridgehead atoms. The monoisotopic (exact) mass is 438 g/mol. The SMILES string of the molecule is CN(C)CCCNc1cc(C2CC2)nc(NC(=O)Nc2ccc(OC(F)(F)F)cc2)n1. The lowest BCUT2D eigenvalue weighted by atomic mass is 10.2. The average molecular weight is 438 g/mol. The molecule has 3 rings (SSSR count). The van der Waals surface area contributed by atoms with E-state index in [1.807, 2.05) is 20.2 Å². The molecule has 1 aromatic carbocycles. The fourth-order valence-electron chi connectivity index (χ4n) is 2.82. The first-order chi connectivity index (χ1) is 14.7. The van der Waals surface area contributed by atoms with Gasteiger partial charge in [0.25, 0.3) is 0 Å². The summed E-state index contributed by atoms with van der Waals surface area (Å²) in [5, 5.41) is 8.38. The zero-order valence-corrected chi connectivity index (χ0v) is 17.3. The normalized spacial score (nSPS) is 13.7. The Balaban J connectivity index is 1.59. The third-order valence-corrected chi connectivity index (χ3v) is 4.40. The zero-order chi connectivity index (χ0) is 22.4. The molecule has 2 amide bonds. The third kappa shape index (κ3) is 7.93. The minimum atomic E-state index is -4.77. The van der Waals surface area contributed by atoms with Crippen molar-refractivity contribution in [2.24, 2.45) is 0 Å². The van der Waals surface area contributed by atoms with E-state index in [4.69, 9.17) is 0 Å². The summed E-state index contributed by atoms with van der Waals surface area (Å²) >= 11 is 0. The molecule has 1 saturated carbocycles. The largest absolute Gasteiger partial charge is 0.573 e. The highest BCUT2D eigenvalue weighted by atomic mass is 19.4. The molecule has 0 atom stereocenters. The summed E-state index contributed by atoms with van der Waals surface area (Å²) < 4.78 is 40.5. The van der Waals surface area contributed by atoms with Crippen LogP contribution in [-0.4, -0.2) is 54.4 Å². The van der Waals surface area contributed by atoms with E-state index >= 15 is 0 Å². The lowest BCUT2D eigenvalue weighted by Crippen LogP contribution is -2.22. The van der Waals surface area contributed by atoms with E-state index in [2.05, 4.69) is 35.6 Å². The second kappa shape index (κ2) is 9.82. The van der Waals surface area contributed by atoms with Gasteiger partial charge in [0.2, 0.25) is 5.95 Å². The Hall–Kier alpha value is -3.08. The molecule has 2 aromatic rings. The Bertz CT molecular complexity index is 885. The highest BCUT2D eigenvalue weighted by molar-refractivity contribution is 5.98. The van der Waals surface area contributed by atoms with Crippen LogP contribution < -0.4 is 20.7 Å². The number of anilines is 3. The number of carbonyl (C=O) groups excluding carboxylic acids is 1. The molecule has 3 N–H and O–H groups in total. The molecule has 31 heavy (non-hydrogen) atoms. The topological polar surface area (TPSA) is 91.4 Å². The summed E-state index contributed by atoms with van der Waals surface area (Å²) in [7, 11) is 4.01. The summed E-state index contributed by atoms with van der Waals surface area (Å²) in [4.78, 5) is 23.1. The maximum absolute atomic E-state index is 12.3. The van der Waals surface area contributed by atoms with Crippen LogP contribution in [0, 0.1) is 0 Å². The number of carbonyl (C=O) groups is 1. The molecule has 11 heteroatoms. The van der Waals surface area contributed by atoms with E-state index in [0.717, 1.165) is 50.2 Å². The molecule has 1 heterocycles. The zero-order valence-electron chi connectivity index (χ0n) is 17.3. The van der Waals surface area contributed by atoms with Crippen LogP contribution in [0.25, 0.3) is 0 Å². The Morgan fingerprint density at radius 2 is 1.87 bits per heavy atom. The van der Waals surface area contributed by atoms with Gasteiger partial charge in [0.1, 0.15) is 11.6 Å². The molecule has 0 unspecified atom stereocenters. The Kier molecular flexibility index (Phi) is 7.16. The standard InChI is InChI=1S/C20H25F3N6O2/c1-29(2)11-3-10-24-17-12-16(13-4-5-13)26-18(27-17)28-19(30)25-14-6-8-15(9-7-14)31-20(21,22)23/h6-9,12-13H,3-5,10-11H2,1-2H3,(H3,24,25,26,27,28,30). The number of nitrogens with zero attached hydrogens (tertiary/aromatic N) is 3. The van der Waals surface area contributed by atoms with Gasteiger partial charge in [-0.3, -0.25) is 5.32 Å². The number of urea groups is 1. The summed E-state index contributed by atoms with van der Waals surface area (Å²) in [6, 6.07) is 6.14. The van der Waals surface area contributed by atoms with Crippen LogP contribution in [0.4, 0.5) is 35.4 Å². The van der Waals surface area contributed by atoms with Gasteiger partial charge in [0.05, 0.1) is 5.69 Å². The van der Waals surface area contributed by atoms with Crippen LogP contribution in [0.1, 0.15) is 30.9 Å². The molecular formula is C20H25F3N6O2. The lowest BCUT2D eigenvalue weighted by molar-refractivity contribution is -0.274. The van der Waals surface area contributed by atoms with Gasteiger partial charge >= 0.3 is 12.4 Å². The van der Waals surface area contributed by atoms with E-state index in [1.54, 1.807) is 0 Å². The molecule has 0 spiro atoms. The molecule has 1 aromatic heterocycles. The summed E-state index contributed by atoms with van der Waals surface area (Å²) in [6.07, 6.45) is -1.73. The third-order valence-electron chi connectivity index (χ3n) is 4.40. The van der Waals surface area contributed by atoms with E-state index in [1.165, 1.54) is 12.1 Å². The minimum Gasteiger partial charge on any atom is -0.406 e. The van der Waals surface area contributed by atoms with Crippen molar-refractivity contribution in [2.75, 3.05) is 43.1 Å². The molecule has 0 saturated heterocycles. The van der Waals surface area contributed by atoms with E-state index in [9.17, 15) is 18.0 Å². The van der Waals surface area contributed by atoms with Crippen LogP contribution in [0.2, 0.25) is 0 Å². The number of benzene rings is 1. The summed E-state index contributed by atoms with van der Waals surface area (Å²) in [5.74, 6) is 0.799. The Morgan fingerprint density at radius 1 is 1.16 bits per heavy atom. The predicted molar refractivity (Wildman–Crippen MR) is 111 cm³/mol. The second-order valence-corrected chi connectivity index (χ2v) is 7.51. The van der Waals surface area contributed by atoms with Crippen LogP contribution in [0.15, 0.2) is 30.3 Å². The van der Waals surface area contributed by atoms with Gasteiger partial charge in [-0.2, -0.15) is 4.98 Å². The number of amides is 2. The number of aromatic nitrogens is 2. The van der Waals surface area contributed by atoms with Gasteiger partial charge < -0.3 is 20.3 Å². The van der Waals surface area contributed by atoms with Crippen LogP contribution in [0.3, 0.4) is 0 Å². The van der Waals surface area contributed by atoms with Crippen molar-refractivity contribution in [3.8, 4) is 5.75 Å². The van der Waals surface area contributed by atoms with E-state index in [-0.39, 0.29) is 11.7 Å². The quantitative estimate of drug-likeness (QED) is 0.507. The van der Waals surface area contributed by atoms with Crippen molar-refractivity contribution in [1.29, 1.82) is 0 Å². The maximum atomic E-state index is 12.3. The van der Waals surface area contributed by atoms with Crippen molar-refractivity contribution in [3.05, 3.63) is 36.0 Å². The number of hydrogen-bond acceptors (Lipinski definition) is 6. The first kappa shape index (κ1) is 22.6. The number of nitrogens with one attached hydrogen (secondary N) is 3. The van der Waals surface area contributed by atoms with Gasteiger partial charge in [0.15, 0.2) is 0 Å². The van der Waals surface area contributed by atoms with Gasteiger partial charge in [-0.05, 0) is 64.2 Å². The second-order valence-electron chi connectivity index (χ2n) is 7.51. The van der Waals surface area contributed by atoms with Gasteiger partial charge in [-0.1, -0.05) is 0 Å². The summed E-state index contributed by atoms with van der Waals surface area (Å²) in [6.45, 7) is 1.67. The number of rotatable bonds is 9. The van der Waals surface area contributed by atoms with Crippen LogP contribution >= 0.6 is 0 Å². The highest BCUT2D eigenvalue weighted by Crippen LogP contribution is 2.39. The van der Waals surface area contributed by atoms with Crippen molar-refractivity contribution in [1.82, 2.24) is 14.9 Å². The molecule has 8 nitrogen and oxygen atoms in total. The molecule has 0 radical (unpaired) electrons. The van der Waals surface area contributed by atoms with Gasteiger partial charge in [-0.25, -0.2) is 9.78 Å². The van der Waals surface area contributed by atoms with Crippen molar-refractivity contribution in [2.45, 2.75) is 31.5 Å². The molecule has 168 valence electrons. The number of hydrogen-bond donors (Lipinski definition) is 3. The highest BCUT2D eigenvalue weighted by Gasteiger charge is 2.31. The molecular weight excluding hydrogens is 413 g/mol. The van der Waals surface area contributed by atoms with Crippen molar-refractivity contribution >= 4 is 23.5 Å². The number of halogens is 3.